The van der Waals surface area contributed by atoms with E-state index in [0.29, 0.717) is 11.1 Å². The summed E-state index contributed by atoms with van der Waals surface area (Å²) in [6.07, 6.45) is 2.93. The fraction of sp³-hybridized carbons (Fsp3) is 0.579. The molecule has 4 nitrogen and oxygen atoms in total. The Kier molecular flexibility index (Phi) is 8.01. The molecule has 0 fully saturated rings. The van der Waals surface area contributed by atoms with Gasteiger partial charge in [0.2, 0.25) is 23.1 Å². The lowest BCUT2D eigenvalue weighted by Crippen LogP contribution is -2.31. The highest BCUT2D eigenvalue weighted by atomic mass is 16.5. The molecule has 4 heteroatoms. The third kappa shape index (κ3) is 4.34. The number of carbonyl (C=O) groups is 2. The van der Waals surface area contributed by atoms with Crippen LogP contribution in [0.5, 0.6) is 0 Å². The molecule has 0 unspecified atom stereocenters. The summed E-state index contributed by atoms with van der Waals surface area (Å²) in [5.41, 5.74) is 1.52. The van der Waals surface area contributed by atoms with Crippen LogP contribution in [0.3, 0.4) is 0 Å². The Bertz CT molecular complexity index is 560. The molecule has 0 radical (unpaired) electrons. The van der Waals surface area contributed by atoms with Gasteiger partial charge >= 0.3 is 0 Å². The van der Waals surface area contributed by atoms with Gasteiger partial charge in [-0.05, 0) is 20.3 Å². The van der Waals surface area contributed by atoms with Crippen LogP contribution < -0.4 is 0 Å². The molecule has 0 aromatic rings. The number of rotatable bonds is 5. The molecule has 0 saturated heterocycles. The summed E-state index contributed by atoms with van der Waals surface area (Å²) < 4.78 is 10.2. The molecule has 0 N–H and O–H groups in total. The molecule has 0 saturated carbocycles. The van der Waals surface area contributed by atoms with E-state index in [1.165, 1.54) is 19.8 Å². The summed E-state index contributed by atoms with van der Waals surface area (Å²) in [6.45, 7) is 13.6. The van der Waals surface area contributed by atoms with Crippen LogP contribution in [-0.2, 0) is 19.1 Å². The molecule has 0 bridgehead atoms. The number of ketones is 2. The summed E-state index contributed by atoms with van der Waals surface area (Å²) in [7, 11) is 2.74. The summed E-state index contributed by atoms with van der Waals surface area (Å²) in [4.78, 5) is 25.1. The number of hydrogen-bond acceptors (Lipinski definition) is 4. The van der Waals surface area contributed by atoms with Gasteiger partial charge in [-0.3, -0.25) is 9.59 Å². The van der Waals surface area contributed by atoms with E-state index in [0.717, 1.165) is 6.42 Å². The highest BCUT2D eigenvalue weighted by molar-refractivity contribution is 6.24. The number of hydrogen-bond donors (Lipinski definition) is 0. The molecule has 0 heterocycles. The first-order valence-corrected chi connectivity index (χ1v) is 8.02. The molecule has 23 heavy (non-hydrogen) atoms. The van der Waals surface area contributed by atoms with Crippen LogP contribution in [0.15, 0.2) is 34.3 Å². The van der Waals surface area contributed by atoms with Crippen LogP contribution >= 0.6 is 0 Å². The van der Waals surface area contributed by atoms with E-state index in [2.05, 4.69) is 6.92 Å². The SMILES string of the molecule is CC.CC/C(C)=C/C(C)(C)C1=C(C)C(=O)C(OC)=C(OC)C1=O. The quantitative estimate of drug-likeness (QED) is 0.557. The molecule has 0 atom stereocenters. The Morgan fingerprint density at radius 2 is 1.48 bits per heavy atom. The number of carbonyl (C=O) groups excluding carboxylic acids is 2. The average molecular weight is 322 g/mol. The number of allylic oxidation sites excluding steroid dienone is 4. The van der Waals surface area contributed by atoms with Gasteiger partial charge in [0.05, 0.1) is 14.2 Å². The Balaban J connectivity index is 0.00000232. The van der Waals surface area contributed by atoms with Crippen molar-refractivity contribution in [2.45, 2.75) is 54.9 Å². The Labute approximate surface area is 140 Å². The Hall–Kier alpha value is -1.84. The van der Waals surface area contributed by atoms with Crippen molar-refractivity contribution in [3.05, 3.63) is 34.3 Å². The zero-order chi connectivity index (χ0) is 18.4. The van der Waals surface area contributed by atoms with Gasteiger partial charge in [-0.25, -0.2) is 0 Å². The van der Waals surface area contributed by atoms with E-state index < -0.39 is 5.41 Å². The smallest absolute Gasteiger partial charge is 0.228 e. The highest BCUT2D eigenvalue weighted by Gasteiger charge is 2.40. The summed E-state index contributed by atoms with van der Waals surface area (Å²) >= 11 is 0. The highest BCUT2D eigenvalue weighted by Crippen LogP contribution is 2.38. The second-order valence-corrected chi connectivity index (χ2v) is 5.79. The van der Waals surface area contributed by atoms with Crippen molar-refractivity contribution in [2.75, 3.05) is 14.2 Å². The van der Waals surface area contributed by atoms with Crippen molar-refractivity contribution in [1.29, 1.82) is 0 Å². The van der Waals surface area contributed by atoms with Crippen molar-refractivity contribution in [2.24, 2.45) is 5.41 Å². The van der Waals surface area contributed by atoms with Crippen LogP contribution in [0.2, 0.25) is 0 Å². The average Bonchev–Trinajstić information content (AvgIpc) is 2.51. The fourth-order valence-corrected chi connectivity index (χ4v) is 2.71. The lowest BCUT2D eigenvalue weighted by atomic mass is 9.74. The third-order valence-electron chi connectivity index (χ3n) is 3.78. The third-order valence-corrected chi connectivity index (χ3v) is 3.78. The van der Waals surface area contributed by atoms with Crippen molar-refractivity contribution < 1.29 is 19.1 Å². The zero-order valence-electron chi connectivity index (χ0n) is 15.9. The lowest BCUT2D eigenvalue weighted by Gasteiger charge is -2.30. The molecule has 0 amide bonds. The first-order valence-electron chi connectivity index (χ1n) is 8.02. The van der Waals surface area contributed by atoms with Gasteiger partial charge in [0.25, 0.3) is 0 Å². The first-order chi connectivity index (χ1) is 10.7. The topological polar surface area (TPSA) is 52.6 Å². The largest absolute Gasteiger partial charge is 0.489 e. The molecule has 0 spiro atoms. The van der Waals surface area contributed by atoms with E-state index >= 15 is 0 Å². The second kappa shape index (κ2) is 8.70. The van der Waals surface area contributed by atoms with Gasteiger partial charge in [-0.1, -0.05) is 46.3 Å². The minimum absolute atomic E-state index is 0.0151. The summed E-state index contributed by atoms with van der Waals surface area (Å²) in [6, 6.07) is 0. The van der Waals surface area contributed by atoms with E-state index in [9.17, 15) is 9.59 Å². The van der Waals surface area contributed by atoms with Crippen molar-refractivity contribution in [1.82, 2.24) is 0 Å². The van der Waals surface area contributed by atoms with Gasteiger partial charge in [-0.15, -0.1) is 0 Å². The standard InChI is InChI=1S/C17H24O4.C2H6/c1-8-10(2)9-17(4,5)12-11(3)13(18)15(20-6)16(21-7)14(12)19;1-2/h9H,8H2,1-7H3;1-2H3/b10-9+;. The van der Waals surface area contributed by atoms with E-state index in [1.807, 2.05) is 40.7 Å². The van der Waals surface area contributed by atoms with Crippen molar-refractivity contribution in [3.8, 4) is 0 Å². The van der Waals surface area contributed by atoms with Gasteiger partial charge in [0, 0.05) is 16.6 Å². The maximum absolute atomic E-state index is 12.7. The normalized spacial score (nSPS) is 16.3. The molecule has 0 aromatic heterocycles. The van der Waals surface area contributed by atoms with Gasteiger partial charge < -0.3 is 9.47 Å². The van der Waals surface area contributed by atoms with Crippen molar-refractivity contribution in [3.63, 3.8) is 0 Å². The van der Waals surface area contributed by atoms with E-state index in [4.69, 9.17) is 9.47 Å². The van der Waals surface area contributed by atoms with E-state index in [-0.39, 0.29) is 23.1 Å². The first kappa shape index (κ1) is 21.2. The molecule has 1 aliphatic rings. The monoisotopic (exact) mass is 322 g/mol. The summed E-state index contributed by atoms with van der Waals surface area (Å²) in [5, 5.41) is 0. The van der Waals surface area contributed by atoms with Crippen LogP contribution in [0.25, 0.3) is 0 Å². The van der Waals surface area contributed by atoms with Crippen LogP contribution in [0.4, 0.5) is 0 Å². The second-order valence-electron chi connectivity index (χ2n) is 5.79. The molecular weight excluding hydrogens is 292 g/mol. The lowest BCUT2D eigenvalue weighted by molar-refractivity contribution is -0.121. The van der Waals surface area contributed by atoms with Crippen LogP contribution in [0, 0.1) is 5.41 Å². The minimum atomic E-state index is -0.542. The maximum atomic E-state index is 12.7. The molecule has 1 rings (SSSR count). The predicted octanol–water partition coefficient (Wildman–Crippen LogP) is 4.37. The fourth-order valence-electron chi connectivity index (χ4n) is 2.71. The Morgan fingerprint density at radius 1 is 1.04 bits per heavy atom. The van der Waals surface area contributed by atoms with Gasteiger partial charge in [0.15, 0.2) is 0 Å². The van der Waals surface area contributed by atoms with Gasteiger partial charge in [0.1, 0.15) is 0 Å². The molecular formula is C19H30O4. The molecule has 0 aromatic carbocycles. The number of Topliss-reactive ketones (excluding diaryl/α,β-unsaturated/α-hetero) is 2. The zero-order valence-corrected chi connectivity index (χ0v) is 15.9. The van der Waals surface area contributed by atoms with Crippen LogP contribution in [-0.4, -0.2) is 25.8 Å². The van der Waals surface area contributed by atoms with Crippen molar-refractivity contribution >= 4 is 11.6 Å². The summed E-state index contributed by atoms with van der Waals surface area (Å²) in [5.74, 6) is -0.606. The van der Waals surface area contributed by atoms with Crippen LogP contribution in [0.1, 0.15) is 54.9 Å². The molecule has 130 valence electrons. The Morgan fingerprint density at radius 3 is 1.87 bits per heavy atom. The number of ether oxygens (including phenoxy) is 2. The predicted molar refractivity (Wildman–Crippen MR) is 92.9 cm³/mol. The van der Waals surface area contributed by atoms with Gasteiger partial charge in [-0.2, -0.15) is 0 Å². The maximum Gasteiger partial charge on any atom is 0.228 e. The van der Waals surface area contributed by atoms with E-state index in [1.54, 1.807) is 6.92 Å². The minimum Gasteiger partial charge on any atom is -0.489 e. The molecule has 1 aliphatic carbocycles. The molecule has 0 aliphatic heterocycles. The number of methoxy groups -OCH3 is 2.